The lowest BCUT2D eigenvalue weighted by atomic mass is 9.93. The van der Waals surface area contributed by atoms with E-state index in [1.807, 2.05) is 24.8 Å². The number of rotatable bonds is 11. The molecule has 100 heavy (non-hydrogen) atoms. The van der Waals surface area contributed by atoms with Crippen LogP contribution < -0.4 is 0 Å². The summed E-state index contributed by atoms with van der Waals surface area (Å²) in [7, 11) is 0. The molecule has 0 radical (unpaired) electrons. The summed E-state index contributed by atoms with van der Waals surface area (Å²) in [6.07, 6.45) is 14.2. The van der Waals surface area contributed by atoms with Gasteiger partial charge < -0.3 is 18.3 Å². The molecule has 0 saturated carbocycles. The summed E-state index contributed by atoms with van der Waals surface area (Å²) in [6.45, 7) is 0. The molecule has 0 fully saturated rings. The molecule has 12 aromatic carbocycles. The monoisotopic (exact) mass is 1280 g/mol. The van der Waals surface area contributed by atoms with Crippen molar-refractivity contribution in [2.45, 2.75) is 0 Å². The Hall–Kier alpha value is -13.8. The van der Waals surface area contributed by atoms with E-state index >= 15 is 0 Å². The second-order valence-electron chi connectivity index (χ2n) is 25.3. The predicted molar refractivity (Wildman–Crippen MR) is 404 cm³/mol. The van der Waals surface area contributed by atoms with Crippen LogP contribution in [0.5, 0.6) is 0 Å². The van der Waals surface area contributed by atoms with Crippen molar-refractivity contribution in [2.24, 2.45) is 0 Å². The van der Waals surface area contributed by atoms with Crippen molar-refractivity contribution < 1.29 is 0 Å². The van der Waals surface area contributed by atoms with E-state index in [0.717, 1.165) is 144 Å². The third-order valence-corrected chi connectivity index (χ3v) is 19.6. The zero-order valence-corrected chi connectivity index (χ0v) is 53.5. The second kappa shape index (κ2) is 22.9. The maximum atomic E-state index is 4.70. The number of para-hydroxylation sites is 4. The highest BCUT2D eigenvalue weighted by Crippen LogP contribution is 2.43. The fourth-order valence-electron chi connectivity index (χ4n) is 15.1. The van der Waals surface area contributed by atoms with Gasteiger partial charge in [0.15, 0.2) is 23.3 Å². The Labute approximate surface area is 572 Å². The summed E-state index contributed by atoms with van der Waals surface area (Å²) < 4.78 is 9.31. The zero-order chi connectivity index (χ0) is 65.8. The molecule has 20 rings (SSSR count). The third-order valence-electron chi connectivity index (χ3n) is 19.6. The maximum Gasteiger partial charge on any atom is 0.197 e. The van der Waals surface area contributed by atoms with Gasteiger partial charge >= 0.3 is 0 Å². The Bertz CT molecular complexity index is 6250. The highest BCUT2D eigenvalue weighted by Gasteiger charge is 2.21. The van der Waals surface area contributed by atoms with Crippen LogP contribution in [0.4, 0.5) is 0 Å². The van der Waals surface area contributed by atoms with Crippen LogP contribution in [0.3, 0.4) is 0 Å². The predicted octanol–water partition coefficient (Wildman–Crippen LogP) is 20.9. The van der Waals surface area contributed by atoms with Crippen LogP contribution in [-0.4, -0.2) is 58.1 Å². The van der Waals surface area contributed by atoms with E-state index in [2.05, 4.69) is 305 Å². The minimum Gasteiger partial charge on any atom is -0.309 e. The summed E-state index contributed by atoms with van der Waals surface area (Å²) >= 11 is 0. The van der Waals surface area contributed by atoms with Crippen LogP contribution in [0.1, 0.15) is 0 Å². The van der Waals surface area contributed by atoms with E-state index in [1.165, 1.54) is 21.5 Å². The van der Waals surface area contributed by atoms with Gasteiger partial charge in [0.2, 0.25) is 0 Å². The van der Waals surface area contributed by atoms with Crippen molar-refractivity contribution in [3.63, 3.8) is 0 Å². The lowest BCUT2D eigenvalue weighted by Crippen LogP contribution is -1.99. The molecule has 20 aromatic rings. The van der Waals surface area contributed by atoms with Gasteiger partial charge in [0.1, 0.15) is 0 Å². The molecular weight excluding hydrogens is 1230 g/mol. The molecule has 0 amide bonds. The van der Waals surface area contributed by atoms with Gasteiger partial charge in [-0.1, -0.05) is 152 Å². The van der Waals surface area contributed by atoms with Crippen molar-refractivity contribution in [3.8, 4) is 102 Å². The van der Waals surface area contributed by atoms with Gasteiger partial charge in [-0.05, 0) is 183 Å². The van der Waals surface area contributed by atoms with Gasteiger partial charge in [0, 0.05) is 79.3 Å². The fourth-order valence-corrected chi connectivity index (χ4v) is 15.1. The molecule has 0 saturated heterocycles. The molecule has 466 valence electrons. The van der Waals surface area contributed by atoms with Gasteiger partial charge in [0.25, 0.3) is 0 Å². The minimum atomic E-state index is 0.483. The van der Waals surface area contributed by atoms with Crippen molar-refractivity contribution >= 4 is 87.2 Å². The zero-order valence-electron chi connectivity index (χ0n) is 53.5. The summed E-state index contributed by atoms with van der Waals surface area (Å²) in [5.74, 6) is 1.95. The van der Waals surface area contributed by atoms with Crippen LogP contribution in [0.2, 0.25) is 0 Å². The minimum absolute atomic E-state index is 0.483. The first-order valence-electron chi connectivity index (χ1n) is 33.3. The molecule has 12 nitrogen and oxygen atoms in total. The van der Waals surface area contributed by atoms with E-state index in [-0.39, 0.29) is 0 Å². The Morgan fingerprint density at radius 3 is 0.780 bits per heavy atom. The van der Waals surface area contributed by atoms with E-state index in [0.29, 0.717) is 23.3 Å². The van der Waals surface area contributed by atoms with E-state index in [4.69, 9.17) is 19.9 Å². The Balaban J connectivity index is 0.649. The lowest BCUT2D eigenvalue weighted by molar-refractivity contribution is 1.04. The van der Waals surface area contributed by atoms with E-state index in [1.54, 1.807) is 36.9 Å². The SMILES string of the molecule is c1ccc(-c2cc(-c3cccc(-n4c5ccccc5c5cc(-c6ccc7c(c6)c6ccccc6n7-c6cnc(-c7ncccn7)nc6)ccc54)c3)cc(-c3cccc(-n4c5ccccc5c5cc(-c6ccc7c(c6)c6ccccc6n7-c6cnc(-c7ncccn7)nc6)ccc54)c3)c2)cc1. The molecule has 0 atom stereocenters. The summed E-state index contributed by atoms with van der Waals surface area (Å²) in [5, 5.41) is 9.37. The summed E-state index contributed by atoms with van der Waals surface area (Å²) in [5.41, 5.74) is 24.1. The molecule has 0 N–H and O–H groups in total. The number of hydrogen-bond acceptors (Lipinski definition) is 8. The molecule has 0 aliphatic heterocycles. The average molecular weight is 1280 g/mol. The van der Waals surface area contributed by atoms with Gasteiger partial charge in [-0.2, -0.15) is 0 Å². The Morgan fingerprint density at radius 2 is 0.430 bits per heavy atom. The van der Waals surface area contributed by atoms with Crippen LogP contribution in [-0.2, 0) is 0 Å². The van der Waals surface area contributed by atoms with E-state index in [9.17, 15) is 0 Å². The van der Waals surface area contributed by atoms with Crippen LogP contribution in [0.25, 0.3) is 189 Å². The van der Waals surface area contributed by atoms with Crippen molar-refractivity contribution in [3.05, 3.63) is 329 Å². The smallest absolute Gasteiger partial charge is 0.197 e. The quantitative estimate of drug-likeness (QED) is 0.125. The van der Waals surface area contributed by atoms with Crippen LogP contribution in [0.15, 0.2) is 329 Å². The molecule has 0 unspecified atom stereocenters. The fraction of sp³-hybridized carbons (Fsp3) is 0. The first kappa shape index (κ1) is 56.5. The summed E-state index contributed by atoms with van der Waals surface area (Å²) in [4.78, 5) is 36.2. The molecule has 12 heteroatoms. The molecule has 0 aliphatic rings. The molecule has 0 aliphatic carbocycles. The van der Waals surface area contributed by atoms with Crippen molar-refractivity contribution in [1.82, 2.24) is 58.1 Å². The molecule has 8 aromatic heterocycles. The molecular formula is C88H54N12. The van der Waals surface area contributed by atoms with Gasteiger partial charge in [-0.3, -0.25) is 0 Å². The van der Waals surface area contributed by atoms with Crippen LogP contribution >= 0.6 is 0 Å². The number of hydrogen-bond donors (Lipinski definition) is 0. The van der Waals surface area contributed by atoms with Crippen molar-refractivity contribution in [1.29, 1.82) is 0 Å². The van der Waals surface area contributed by atoms with Crippen molar-refractivity contribution in [2.75, 3.05) is 0 Å². The normalized spacial score (nSPS) is 11.8. The van der Waals surface area contributed by atoms with Gasteiger partial charge in [0.05, 0.1) is 80.3 Å². The first-order chi connectivity index (χ1) is 49.6. The highest BCUT2D eigenvalue weighted by molar-refractivity contribution is 6.15. The standard InChI is InChI=1S/C88H54N12/c1-2-16-55(17-3-1)62-42-63(56-18-12-20-65(45-56)97-77-26-8-4-22-69(77)73-47-58(30-34-81(73)97)60-32-36-83-75(49-60)71-24-6-10-28-79(71)99(83)67-51-93-87(94-52-67)85-89-38-14-39-90-85)44-64(43-62)57-19-13-21-66(46-57)98-78-27-9-5-23-70(78)74-48-59(31-35-82(74)98)61-33-37-84-76(50-61)72-25-7-11-29-80(72)100(84)68-53-95-88(96-54-68)86-91-40-15-41-92-86/h1-54H. The van der Waals surface area contributed by atoms with Gasteiger partial charge in [-0.25, -0.2) is 39.9 Å². The van der Waals surface area contributed by atoms with Gasteiger partial charge in [-0.15, -0.1) is 0 Å². The third kappa shape index (κ3) is 9.30. The average Bonchev–Trinajstić information content (AvgIpc) is 1.61. The Morgan fingerprint density at radius 1 is 0.160 bits per heavy atom. The lowest BCUT2D eigenvalue weighted by Gasteiger charge is -2.15. The maximum absolute atomic E-state index is 4.70. The highest BCUT2D eigenvalue weighted by atomic mass is 15.1. The largest absolute Gasteiger partial charge is 0.309 e. The molecule has 0 spiro atoms. The Kier molecular flexibility index (Phi) is 13.0. The number of benzene rings is 12. The molecule has 0 bridgehead atoms. The first-order valence-corrected chi connectivity index (χ1v) is 33.3. The number of nitrogens with zero attached hydrogens (tertiary/aromatic N) is 12. The second-order valence-corrected chi connectivity index (χ2v) is 25.3. The van der Waals surface area contributed by atoms with E-state index < -0.39 is 0 Å². The topological polar surface area (TPSA) is 123 Å². The summed E-state index contributed by atoms with van der Waals surface area (Å²) in [6, 6.07) is 101. The molecule has 8 heterocycles. The number of aromatic nitrogens is 12. The number of fused-ring (bicyclic) bond motifs is 12. The van der Waals surface area contributed by atoms with Crippen LogP contribution in [0, 0.1) is 0 Å².